The number of nitrogens with zero attached hydrogens (tertiary/aromatic N) is 2. The molecule has 1 heterocycles. The minimum atomic E-state index is -0.461. The Bertz CT molecular complexity index is 381. The Labute approximate surface area is 116 Å². The van der Waals surface area contributed by atoms with E-state index < -0.39 is 5.60 Å². The van der Waals surface area contributed by atoms with Crippen molar-refractivity contribution in [2.45, 2.75) is 65.5 Å². The van der Waals surface area contributed by atoms with Crippen molar-refractivity contribution < 1.29 is 9.26 Å². The number of hydrogen-bond acceptors (Lipinski definition) is 5. The van der Waals surface area contributed by atoms with Gasteiger partial charge in [0.1, 0.15) is 5.60 Å². The monoisotopic (exact) mass is 269 g/mol. The molecular formula is C14H27N3O2. The van der Waals surface area contributed by atoms with Gasteiger partial charge in [-0.25, -0.2) is 0 Å². The maximum Gasteiger partial charge on any atom is 0.231 e. The Morgan fingerprint density at radius 3 is 2.53 bits per heavy atom. The Kier molecular flexibility index (Phi) is 5.94. The molecule has 0 aromatic carbocycles. The lowest BCUT2D eigenvalue weighted by Gasteiger charge is -2.24. The Balaban J connectivity index is 2.86. The SMILES string of the molecule is CCNC(C)C(C)c1nc(C(C)(CC)OCC)no1. The molecule has 5 heteroatoms. The summed E-state index contributed by atoms with van der Waals surface area (Å²) in [6, 6.07) is 0.304. The van der Waals surface area contributed by atoms with Crippen LogP contribution in [-0.4, -0.2) is 29.3 Å². The van der Waals surface area contributed by atoms with Gasteiger partial charge in [0.05, 0.1) is 5.92 Å². The van der Waals surface area contributed by atoms with Crippen molar-refractivity contribution in [1.82, 2.24) is 15.5 Å². The number of likely N-dealkylation sites (N-methyl/N-ethyl adjacent to an activating group) is 1. The van der Waals surface area contributed by atoms with Gasteiger partial charge in [-0.1, -0.05) is 25.9 Å². The quantitative estimate of drug-likeness (QED) is 0.786. The summed E-state index contributed by atoms with van der Waals surface area (Å²) < 4.78 is 11.2. The average Bonchev–Trinajstić information content (AvgIpc) is 2.88. The predicted molar refractivity (Wildman–Crippen MR) is 75.1 cm³/mol. The second-order valence-electron chi connectivity index (χ2n) is 5.11. The molecule has 1 N–H and O–H groups in total. The first-order valence-electron chi connectivity index (χ1n) is 7.19. The van der Waals surface area contributed by atoms with E-state index in [1.165, 1.54) is 0 Å². The fourth-order valence-corrected chi connectivity index (χ4v) is 1.99. The zero-order valence-corrected chi connectivity index (χ0v) is 13.0. The van der Waals surface area contributed by atoms with Gasteiger partial charge >= 0.3 is 0 Å². The van der Waals surface area contributed by atoms with E-state index in [2.05, 4.69) is 43.2 Å². The van der Waals surface area contributed by atoms with E-state index in [0.717, 1.165) is 13.0 Å². The predicted octanol–water partition coefficient (Wildman–Crippen LogP) is 2.83. The average molecular weight is 269 g/mol. The van der Waals surface area contributed by atoms with Gasteiger partial charge in [0, 0.05) is 12.6 Å². The van der Waals surface area contributed by atoms with Crippen molar-refractivity contribution in [2.75, 3.05) is 13.2 Å². The van der Waals surface area contributed by atoms with Crippen LogP contribution in [0.5, 0.6) is 0 Å². The summed E-state index contributed by atoms with van der Waals surface area (Å²) in [6.07, 6.45) is 0.816. The van der Waals surface area contributed by atoms with Crippen LogP contribution in [-0.2, 0) is 10.3 Å². The van der Waals surface area contributed by atoms with Crippen LogP contribution in [0, 0.1) is 0 Å². The first-order valence-corrected chi connectivity index (χ1v) is 7.19. The third-order valence-electron chi connectivity index (χ3n) is 3.72. The van der Waals surface area contributed by atoms with Gasteiger partial charge in [0.25, 0.3) is 0 Å². The molecule has 3 atom stereocenters. The Morgan fingerprint density at radius 2 is 2.00 bits per heavy atom. The molecular weight excluding hydrogens is 242 g/mol. The number of nitrogens with one attached hydrogen (secondary N) is 1. The lowest BCUT2D eigenvalue weighted by atomic mass is 10.0. The Hall–Kier alpha value is -0.940. The van der Waals surface area contributed by atoms with Crippen molar-refractivity contribution in [3.05, 3.63) is 11.7 Å². The highest BCUT2D eigenvalue weighted by molar-refractivity contribution is 5.03. The van der Waals surface area contributed by atoms with E-state index in [-0.39, 0.29) is 5.92 Å². The van der Waals surface area contributed by atoms with Gasteiger partial charge < -0.3 is 14.6 Å². The molecule has 110 valence electrons. The van der Waals surface area contributed by atoms with Crippen LogP contribution >= 0.6 is 0 Å². The molecule has 0 fully saturated rings. The van der Waals surface area contributed by atoms with Gasteiger partial charge in [-0.2, -0.15) is 4.98 Å². The molecule has 0 spiro atoms. The molecule has 0 saturated carbocycles. The highest BCUT2D eigenvalue weighted by atomic mass is 16.5. The minimum absolute atomic E-state index is 0.184. The molecule has 0 aliphatic carbocycles. The molecule has 1 aromatic heterocycles. The van der Waals surface area contributed by atoms with E-state index in [1.807, 2.05) is 13.8 Å². The van der Waals surface area contributed by atoms with E-state index in [1.54, 1.807) is 0 Å². The summed E-state index contributed by atoms with van der Waals surface area (Å²) in [5.74, 6) is 1.49. The van der Waals surface area contributed by atoms with Crippen LogP contribution < -0.4 is 5.32 Å². The molecule has 1 rings (SSSR count). The lowest BCUT2D eigenvalue weighted by molar-refractivity contribution is -0.0403. The second kappa shape index (κ2) is 7.01. The molecule has 5 nitrogen and oxygen atoms in total. The lowest BCUT2D eigenvalue weighted by Crippen LogP contribution is -2.31. The molecule has 0 aliphatic rings. The topological polar surface area (TPSA) is 60.2 Å². The van der Waals surface area contributed by atoms with Crippen molar-refractivity contribution in [1.29, 1.82) is 0 Å². The third-order valence-corrected chi connectivity index (χ3v) is 3.72. The number of hydrogen-bond donors (Lipinski definition) is 1. The van der Waals surface area contributed by atoms with Crippen LogP contribution in [0.25, 0.3) is 0 Å². The van der Waals surface area contributed by atoms with Crippen molar-refractivity contribution in [3.63, 3.8) is 0 Å². The summed E-state index contributed by atoms with van der Waals surface area (Å²) in [5.41, 5.74) is -0.461. The van der Waals surface area contributed by atoms with Crippen LogP contribution in [0.1, 0.15) is 65.6 Å². The van der Waals surface area contributed by atoms with E-state index >= 15 is 0 Å². The maximum atomic E-state index is 5.77. The number of aromatic nitrogens is 2. The molecule has 0 saturated heterocycles. The van der Waals surface area contributed by atoms with Crippen LogP contribution in [0.3, 0.4) is 0 Å². The van der Waals surface area contributed by atoms with Crippen molar-refractivity contribution in [3.8, 4) is 0 Å². The summed E-state index contributed by atoms with van der Waals surface area (Å²) in [7, 11) is 0. The normalized spacial score (nSPS) is 18.0. The fourth-order valence-electron chi connectivity index (χ4n) is 1.99. The minimum Gasteiger partial charge on any atom is -0.367 e. The van der Waals surface area contributed by atoms with Crippen molar-refractivity contribution >= 4 is 0 Å². The van der Waals surface area contributed by atoms with Crippen molar-refractivity contribution in [2.24, 2.45) is 0 Å². The summed E-state index contributed by atoms with van der Waals surface area (Å²) in [5, 5.41) is 7.47. The highest BCUT2D eigenvalue weighted by Gasteiger charge is 2.32. The zero-order valence-electron chi connectivity index (χ0n) is 13.0. The molecule has 3 unspecified atom stereocenters. The standard InChI is InChI=1S/C14H27N3O2/c1-7-14(6,18-9-3)13-16-12(19-17-13)10(4)11(5)15-8-2/h10-11,15H,7-9H2,1-6H3. The van der Waals surface area contributed by atoms with E-state index in [0.29, 0.717) is 24.4 Å². The summed E-state index contributed by atoms with van der Waals surface area (Å²) in [4.78, 5) is 4.53. The van der Waals surface area contributed by atoms with Gasteiger partial charge in [0.15, 0.2) is 0 Å². The summed E-state index contributed by atoms with van der Waals surface area (Å²) >= 11 is 0. The molecule has 19 heavy (non-hydrogen) atoms. The molecule has 0 bridgehead atoms. The smallest absolute Gasteiger partial charge is 0.231 e. The zero-order chi connectivity index (χ0) is 14.5. The maximum absolute atomic E-state index is 5.77. The number of ether oxygens (including phenoxy) is 1. The van der Waals surface area contributed by atoms with E-state index in [4.69, 9.17) is 9.26 Å². The highest BCUT2D eigenvalue weighted by Crippen LogP contribution is 2.28. The first kappa shape index (κ1) is 16.1. The van der Waals surface area contributed by atoms with Crippen LogP contribution in [0.2, 0.25) is 0 Å². The number of rotatable bonds is 8. The van der Waals surface area contributed by atoms with Crippen LogP contribution in [0.15, 0.2) is 4.52 Å². The molecule has 0 amide bonds. The van der Waals surface area contributed by atoms with Gasteiger partial charge in [-0.15, -0.1) is 0 Å². The largest absolute Gasteiger partial charge is 0.367 e. The van der Waals surface area contributed by atoms with Crippen LogP contribution in [0.4, 0.5) is 0 Å². The molecule has 0 aliphatic heterocycles. The molecule has 0 radical (unpaired) electrons. The van der Waals surface area contributed by atoms with Gasteiger partial charge in [0.2, 0.25) is 11.7 Å². The third kappa shape index (κ3) is 3.76. The molecule has 1 aromatic rings. The van der Waals surface area contributed by atoms with Gasteiger partial charge in [-0.05, 0) is 33.7 Å². The van der Waals surface area contributed by atoms with Gasteiger partial charge in [-0.3, -0.25) is 0 Å². The summed E-state index contributed by atoms with van der Waals surface area (Å²) in [6.45, 7) is 13.9. The van der Waals surface area contributed by atoms with E-state index in [9.17, 15) is 0 Å². The fraction of sp³-hybridized carbons (Fsp3) is 0.857. The first-order chi connectivity index (χ1) is 8.98. The Morgan fingerprint density at radius 1 is 1.32 bits per heavy atom. The second-order valence-corrected chi connectivity index (χ2v) is 5.11.